The molecule has 1 heterocycles. The highest BCUT2D eigenvalue weighted by molar-refractivity contribution is 5.96. The summed E-state index contributed by atoms with van der Waals surface area (Å²) in [4.78, 5) is 73.7. The first-order chi connectivity index (χ1) is 16.5. The molecule has 0 bridgehead atoms. The van der Waals surface area contributed by atoms with Gasteiger partial charge in [0, 0.05) is 23.5 Å². The number of para-hydroxylation sites is 1. The van der Waals surface area contributed by atoms with Crippen molar-refractivity contribution in [3.05, 3.63) is 36.0 Å². The molecule has 0 fully saturated rings. The molecule has 1 aromatic heterocycles. The Morgan fingerprint density at radius 3 is 2.20 bits per heavy atom. The second-order valence-corrected chi connectivity index (χ2v) is 7.75. The smallest absolute Gasteiger partial charge is 0.326 e. The number of aromatic amines is 1. The number of nitrogens with two attached hydrogens (primary N) is 3. The monoisotopic (exact) mass is 489 g/mol. The highest BCUT2D eigenvalue weighted by Gasteiger charge is 2.27. The van der Waals surface area contributed by atoms with Crippen LogP contribution in [-0.2, 0) is 35.2 Å². The van der Waals surface area contributed by atoms with Gasteiger partial charge in [-0.2, -0.15) is 0 Å². The molecular formula is C21H27N7O7. The maximum absolute atomic E-state index is 12.4. The molecule has 0 aliphatic carbocycles. The Balaban J connectivity index is 1.97. The number of benzene rings is 1. The molecule has 5 amide bonds. The molecule has 11 N–H and O–H groups in total. The number of nitrogens with one attached hydrogen (secondary N) is 4. The van der Waals surface area contributed by atoms with Gasteiger partial charge >= 0.3 is 5.97 Å². The van der Waals surface area contributed by atoms with E-state index in [4.69, 9.17) is 17.2 Å². The minimum atomic E-state index is -1.48. The number of fused-ring (bicyclic) bond motifs is 1. The van der Waals surface area contributed by atoms with E-state index in [2.05, 4.69) is 20.9 Å². The van der Waals surface area contributed by atoms with Crippen LogP contribution in [0.1, 0.15) is 18.4 Å². The third kappa shape index (κ3) is 8.12. The van der Waals surface area contributed by atoms with E-state index in [9.17, 15) is 33.9 Å². The predicted octanol–water partition coefficient (Wildman–Crippen LogP) is -3.04. The van der Waals surface area contributed by atoms with Gasteiger partial charge in [0.1, 0.15) is 12.1 Å². The van der Waals surface area contributed by atoms with Gasteiger partial charge in [0.25, 0.3) is 0 Å². The maximum Gasteiger partial charge on any atom is 0.326 e. The number of aliphatic carboxylic acids is 1. The maximum atomic E-state index is 12.4. The zero-order valence-corrected chi connectivity index (χ0v) is 18.6. The SMILES string of the molecule is NC(=O)CC(N)C(=O)NC(CC(N)=O)C(=O)NCC(=O)NC(Cc1c[nH]c2ccccc12)C(=O)O. The number of amides is 5. The quantitative estimate of drug-likeness (QED) is 0.143. The van der Waals surface area contributed by atoms with E-state index in [-0.39, 0.29) is 6.42 Å². The molecule has 3 unspecified atom stereocenters. The molecule has 0 aliphatic heterocycles. The molecule has 188 valence electrons. The van der Waals surface area contributed by atoms with Gasteiger partial charge in [-0.1, -0.05) is 18.2 Å². The molecule has 1 aromatic carbocycles. The number of carboxylic acid groups (broad SMARTS) is 1. The first kappa shape index (κ1) is 26.8. The van der Waals surface area contributed by atoms with Crippen molar-refractivity contribution in [1.82, 2.24) is 20.9 Å². The number of H-pyrrole nitrogens is 1. The highest BCUT2D eigenvalue weighted by Crippen LogP contribution is 2.19. The van der Waals surface area contributed by atoms with Crippen LogP contribution in [0.3, 0.4) is 0 Å². The van der Waals surface area contributed by atoms with Crippen LogP contribution in [0.5, 0.6) is 0 Å². The number of carboxylic acids is 1. The molecule has 0 radical (unpaired) electrons. The van der Waals surface area contributed by atoms with Gasteiger partial charge in [0.2, 0.25) is 29.5 Å². The summed E-state index contributed by atoms with van der Waals surface area (Å²) in [7, 11) is 0. The second kappa shape index (κ2) is 12.1. The van der Waals surface area contributed by atoms with Crippen LogP contribution in [0.25, 0.3) is 10.9 Å². The summed E-state index contributed by atoms with van der Waals surface area (Å²) in [5, 5.41) is 17.0. The van der Waals surface area contributed by atoms with E-state index in [1.54, 1.807) is 12.3 Å². The summed E-state index contributed by atoms with van der Waals surface area (Å²) in [5.74, 6) is -5.75. The van der Waals surface area contributed by atoms with Crippen molar-refractivity contribution in [2.45, 2.75) is 37.4 Å². The average molecular weight is 489 g/mol. The van der Waals surface area contributed by atoms with Crippen LogP contribution in [0.2, 0.25) is 0 Å². The molecule has 0 spiro atoms. The molecule has 14 heteroatoms. The first-order valence-electron chi connectivity index (χ1n) is 10.4. The lowest BCUT2D eigenvalue weighted by Crippen LogP contribution is -2.55. The topological polar surface area (TPSA) is 253 Å². The number of hydrogen-bond donors (Lipinski definition) is 8. The van der Waals surface area contributed by atoms with Gasteiger partial charge < -0.3 is 43.2 Å². The Bertz CT molecular complexity index is 1130. The zero-order valence-electron chi connectivity index (χ0n) is 18.6. The lowest BCUT2D eigenvalue weighted by atomic mass is 10.0. The van der Waals surface area contributed by atoms with Gasteiger partial charge in [-0.25, -0.2) is 4.79 Å². The van der Waals surface area contributed by atoms with Crippen LogP contribution in [0.15, 0.2) is 30.5 Å². The van der Waals surface area contributed by atoms with Crippen molar-refractivity contribution in [2.75, 3.05) is 6.54 Å². The molecule has 2 rings (SSSR count). The number of carbonyl (C=O) groups excluding carboxylic acids is 5. The van der Waals surface area contributed by atoms with Gasteiger partial charge in [0.05, 0.1) is 25.4 Å². The van der Waals surface area contributed by atoms with Gasteiger partial charge in [-0.05, 0) is 11.6 Å². The molecule has 0 saturated carbocycles. The predicted molar refractivity (Wildman–Crippen MR) is 122 cm³/mol. The Hall–Kier alpha value is -4.46. The normalized spacial score (nSPS) is 13.3. The van der Waals surface area contributed by atoms with E-state index < -0.39 is 73.0 Å². The van der Waals surface area contributed by atoms with Crippen molar-refractivity contribution in [3.8, 4) is 0 Å². The third-order valence-corrected chi connectivity index (χ3v) is 4.95. The standard InChI is InChI=1S/C21H27N7O7/c22-12(6-16(23)29)19(32)28-14(7-17(24)30)20(33)26-9-18(31)27-15(21(34)35)5-10-8-25-13-4-2-1-3-11(10)13/h1-4,8,12,14-15,25H,5-7,9,22H2,(H2,23,29)(H2,24,30)(H,26,33)(H,27,31)(H,28,32)(H,34,35). The summed E-state index contributed by atoms with van der Waals surface area (Å²) < 4.78 is 0. The number of primary amides is 2. The average Bonchev–Trinajstić information content (AvgIpc) is 3.18. The summed E-state index contributed by atoms with van der Waals surface area (Å²) in [5.41, 5.74) is 17.1. The zero-order chi connectivity index (χ0) is 26.1. The fourth-order valence-electron chi connectivity index (χ4n) is 3.26. The second-order valence-electron chi connectivity index (χ2n) is 7.75. The van der Waals surface area contributed by atoms with E-state index >= 15 is 0 Å². The lowest BCUT2D eigenvalue weighted by Gasteiger charge is -2.20. The number of aromatic nitrogens is 1. The Labute approximate surface area is 198 Å². The van der Waals surface area contributed by atoms with Crippen molar-refractivity contribution < 1.29 is 33.9 Å². The van der Waals surface area contributed by atoms with Gasteiger partial charge in [-0.3, -0.25) is 24.0 Å². The minimum Gasteiger partial charge on any atom is -0.480 e. The van der Waals surface area contributed by atoms with Crippen LogP contribution in [-0.4, -0.2) is 70.3 Å². The molecule has 0 saturated heterocycles. The largest absolute Gasteiger partial charge is 0.480 e. The van der Waals surface area contributed by atoms with Gasteiger partial charge in [0.15, 0.2) is 0 Å². The van der Waals surface area contributed by atoms with Crippen LogP contribution in [0.4, 0.5) is 0 Å². The molecular weight excluding hydrogens is 462 g/mol. The van der Waals surface area contributed by atoms with E-state index in [0.29, 0.717) is 5.56 Å². The lowest BCUT2D eigenvalue weighted by molar-refractivity contribution is -0.141. The van der Waals surface area contributed by atoms with Crippen LogP contribution < -0.4 is 33.2 Å². The molecule has 35 heavy (non-hydrogen) atoms. The fraction of sp³-hybridized carbons (Fsp3) is 0.333. The van der Waals surface area contributed by atoms with Crippen LogP contribution in [0, 0.1) is 0 Å². The Morgan fingerprint density at radius 2 is 1.57 bits per heavy atom. The van der Waals surface area contributed by atoms with E-state index in [1.807, 2.05) is 18.2 Å². The van der Waals surface area contributed by atoms with Crippen molar-refractivity contribution in [1.29, 1.82) is 0 Å². The van der Waals surface area contributed by atoms with Crippen molar-refractivity contribution in [3.63, 3.8) is 0 Å². The molecule has 2 aromatic rings. The summed E-state index contributed by atoms with van der Waals surface area (Å²) >= 11 is 0. The first-order valence-corrected chi connectivity index (χ1v) is 10.4. The number of hydrogen-bond acceptors (Lipinski definition) is 7. The summed E-state index contributed by atoms with van der Waals surface area (Å²) in [6.07, 6.45) is 0.526. The Morgan fingerprint density at radius 1 is 0.914 bits per heavy atom. The molecule has 0 aliphatic rings. The fourth-order valence-corrected chi connectivity index (χ4v) is 3.26. The van der Waals surface area contributed by atoms with E-state index in [1.165, 1.54) is 0 Å². The van der Waals surface area contributed by atoms with Crippen molar-refractivity contribution >= 4 is 46.4 Å². The van der Waals surface area contributed by atoms with Crippen LogP contribution >= 0.6 is 0 Å². The molecule has 14 nitrogen and oxygen atoms in total. The Kier molecular flexibility index (Phi) is 9.28. The minimum absolute atomic E-state index is 0.0167. The third-order valence-electron chi connectivity index (χ3n) is 4.95. The van der Waals surface area contributed by atoms with E-state index in [0.717, 1.165) is 10.9 Å². The number of carbonyl (C=O) groups is 6. The number of rotatable bonds is 13. The highest BCUT2D eigenvalue weighted by atomic mass is 16.4. The summed E-state index contributed by atoms with van der Waals surface area (Å²) in [6, 6.07) is 3.13. The summed E-state index contributed by atoms with van der Waals surface area (Å²) in [6.45, 7) is -0.644. The molecule has 3 atom stereocenters. The van der Waals surface area contributed by atoms with Crippen molar-refractivity contribution in [2.24, 2.45) is 17.2 Å². The van der Waals surface area contributed by atoms with Gasteiger partial charge in [-0.15, -0.1) is 0 Å².